The minimum Gasteiger partial charge on any atom is -0.480 e. The molecule has 0 spiro atoms. The topological polar surface area (TPSA) is 66.4 Å². The SMILES string of the molecule is O=C(CSC(c1ccccc1)(c1ccccc1)c1ccccc1)N[C@@H](Cc1ccccc1)C(=O)O. The smallest absolute Gasteiger partial charge is 0.326 e. The van der Waals surface area contributed by atoms with E-state index < -0.39 is 16.8 Å². The van der Waals surface area contributed by atoms with Gasteiger partial charge in [0.1, 0.15) is 6.04 Å². The van der Waals surface area contributed by atoms with Crippen molar-refractivity contribution < 1.29 is 14.7 Å². The fourth-order valence-corrected chi connectivity index (χ4v) is 5.57. The summed E-state index contributed by atoms with van der Waals surface area (Å²) in [7, 11) is 0. The number of carboxylic acid groups (broad SMARTS) is 1. The first-order valence-corrected chi connectivity index (χ1v) is 12.4. The lowest BCUT2D eigenvalue weighted by Crippen LogP contribution is -2.43. The van der Waals surface area contributed by atoms with Crippen LogP contribution in [-0.4, -0.2) is 28.8 Å². The summed E-state index contributed by atoms with van der Waals surface area (Å²) in [5.41, 5.74) is 4.01. The van der Waals surface area contributed by atoms with Crippen LogP contribution in [0, 0.1) is 0 Å². The minimum absolute atomic E-state index is 0.0945. The molecule has 0 saturated carbocycles. The van der Waals surface area contributed by atoms with Crippen molar-refractivity contribution in [3.05, 3.63) is 144 Å². The van der Waals surface area contributed by atoms with Crippen molar-refractivity contribution in [3.8, 4) is 0 Å². The summed E-state index contributed by atoms with van der Waals surface area (Å²) in [5.74, 6) is -1.27. The highest BCUT2D eigenvalue weighted by molar-refractivity contribution is 8.01. The molecule has 4 aromatic rings. The molecular weight excluding hydrogens is 454 g/mol. The summed E-state index contributed by atoms with van der Waals surface area (Å²) in [5, 5.41) is 12.5. The first kappa shape index (κ1) is 24.3. The maximum atomic E-state index is 13.1. The van der Waals surface area contributed by atoms with E-state index in [9.17, 15) is 14.7 Å². The van der Waals surface area contributed by atoms with Crippen LogP contribution in [0.4, 0.5) is 0 Å². The van der Waals surface area contributed by atoms with Crippen molar-refractivity contribution in [2.75, 3.05) is 5.75 Å². The highest BCUT2D eigenvalue weighted by Crippen LogP contribution is 2.48. The molecule has 4 rings (SSSR count). The second kappa shape index (κ2) is 11.5. The van der Waals surface area contributed by atoms with Gasteiger partial charge < -0.3 is 10.4 Å². The third-order valence-corrected chi connectivity index (χ3v) is 7.42. The second-order valence-electron chi connectivity index (χ2n) is 8.22. The molecule has 5 heteroatoms. The first-order chi connectivity index (χ1) is 17.1. The Bertz CT molecular complexity index is 1140. The standard InChI is InChI=1S/C30H27NO3S/c32-28(31-27(29(33)34)21-23-13-5-1-6-14-23)22-35-30(24-15-7-2-8-16-24,25-17-9-3-10-18-25)26-19-11-4-12-20-26/h1-20,27H,21-22H2,(H,31,32)(H,33,34)/t27-/m0/s1. The summed E-state index contributed by atoms with van der Waals surface area (Å²) in [6.45, 7) is 0. The van der Waals surface area contributed by atoms with E-state index in [2.05, 4.69) is 41.7 Å². The fourth-order valence-electron chi connectivity index (χ4n) is 4.23. The van der Waals surface area contributed by atoms with Crippen LogP contribution in [0.5, 0.6) is 0 Å². The molecule has 0 saturated heterocycles. The monoisotopic (exact) mass is 481 g/mol. The Labute approximate surface area is 210 Å². The van der Waals surface area contributed by atoms with Gasteiger partial charge in [0, 0.05) is 6.42 Å². The number of carboxylic acids is 1. The molecule has 0 aliphatic carbocycles. The highest BCUT2D eigenvalue weighted by atomic mass is 32.2. The van der Waals surface area contributed by atoms with Crippen LogP contribution in [0.1, 0.15) is 22.3 Å². The molecule has 0 aliphatic rings. The summed E-state index contributed by atoms with van der Waals surface area (Å²) in [6.07, 6.45) is 0.230. The molecule has 0 aromatic heterocycles. The number of aliphatic carboxylic acids is 1. The van der Waals surface area contributed by atoms with E-state index in [0.29, 0.717) is 0 Å². The Morgan fingerprint density at radius 3 is 1.49 bits per heavy atom. The molecule has 0 bridgehead atoms. The molecule has 1 atom stereocenters. The molecule has 0 fully saturated rings. The van der Waals surface area contributed by atoms with Gasteiger partial charge in [-0.25, -0.2) is 4.79 Å². The Balaban J connectivity index is 1.64. The number of carbonyl (C=O) groups excluding carboxylic acids is 1. The van der Waals surface area contributed by atoms with Crippen LogP contribution in [0.15, 0.2) is 121 Å². The van der Waals surface area contributed by atoms with Gasteiger partial charge in [0.25, 0.3) is 0 Å². The molecule has 4 nitrogen and oxygen atoms in total. The molecule has 2 N–H and O–H groups in total. The average molecular weight is 482 g/mol. The molecular formula is C30H27NO3S. The van der Waals surface area contributed by atoms with Gasteiger partial charge in [-0.05, 0) is 22.3 Å². The quantitative estimate of drug-likeness (QED) is 0.293. The van der Waals surface area contributed by atoms with Gasteiger partial charge in [-0.15, -0.1) is 11.8 Å². The van der Waals surface area contributed by atoms with Crippen LogP contribution in [0.25, 0.3) is 0 Å². The van der Waals surface area contributed by atoms with Crippen LogP contribution in [0.3, 0.4) is 0 Å². The van der Waals surface area contributed by atoms with Gasteiger partial charge in [0.15, 0.2) is 0 Å². The van der Waals surface area contributed by atoms with Crippen molar-refractivity contribution in [2.24, 2.45) is 0 Å². The van der Waals surface area contributed by atoms with E-state index in [-0.39, 0.29) is 18.1 Å². The largest absolute Gasteiger partial charge is 0.480 e. The molecule has 0 aliphatic heterocycles. The molecule has 0 heterocycles. The van der Waals surface area contributed by atoms with Crippen molar-refractivity contribution in [3.63, 3.8) is 0 Å². The minimum atomic E-state index is -1.05. The van der Waals surface area contributed by atoms with Gasteiger partial charge in [-0.3, -0.25) is 4.79 Å². The van der Waals surface area contributed by atoms with Gasteiger partial charge in [0.05, 0.1) is 10.5 Å². The van der Waals surface area contributed by atoms with Crippen LogP contribution >= 0.6 is 11.8 Å². The zero-order chi connectivity index (χ0) is 24.5. The van der Waals surface area contributed by atoms with E-state index in [1.807, 2.05) is 84.9 Å². The summed E-state index contributed by atoms with van der Waals surface area (Å²) < 4.78 is -0.640. The average Bonchev–Trinajstić information content (AvgIpc) is 2.91. The predicted molar refractivity (Wildman–Crippen MR) is 141 cm³/mol. The predicted octanol–water partition coefficient (Wildman–Crippen LogP) is 5.52. The molecule has 176 valence electrons. The Kier molecular flexibility index (Phi) is 8.01. The lowest BCUT2D eigenvalue weighted by Gasteiger charge is -2.35. The fraction of sp³-hybridized carbons (Fsp3) is 0.133. The van der Waals surface area contributed by atoms with Crippen LogP contribution in [0.2, 0.25) is 0 Å². The summed E-state index contributed by atoms with van der Waals surface area (Å²) in [4.78, 5) is 25.0. The Morgan fingerprint density at radius 1 is 0.686 bits per heavy atom. The van der Waals surface area contributed by atoms with E-state index in [1.54, 1.807) is 0 Å². The number of hydrogen-bond acceptors (Lipinski definition) is 3. The van der Waals surface area contributed by atoms with E-state index in [1.165, 1.54) is 11.8 Å². The number of benzene rings is 4. The zero-order valence-corrected chi connectivity index (χ0v) is 20.0. The van der Waals surface area contributed by atoms with Crippen LogP contribution in [-0.2, 0) is 20.8 Å². The Hall–Kier alpha value is -3.83. The number of amides is 1. The first-order valence-electron chi connectivity index (χ1n) is 11.5. The summed E-state index contributed by atoms with van der Waals surface area (Å²) in [6, 6.07) is 38.7. The van der Waals surface area contributed by atoms with Crippen molar-refractivity contribution in [1.29, 1.82) is 0 Å². The maximum Gasteiger partial charge on any atom is 0.326 e. The van der Waals surface area contributed by atoms with E-state index in [4.69, 9.17) is 0 Å². The zero-order valence-electron chi connectivity index (χ0n) is 19.2. The second-order valence-corrected chi connectivity index (χ2v) is 9.41. The van der Waals surface area contributed by atoms with E-state index >= 15 is 0 Å². The molecule has 4 aromatic carbocycles. The van der Waals surface area contributed by atoms with Gasteiger partial charge in [-0.2, -0.15) is 0 Å². The number of rotatable bonds is 10. The number of carbonyl (C=O) groups is 2. The molecule has 1 amide bonds. The highest BCUT2D eigenvalue weighted by Gasteiger charge is 2.37. The molecule has 35 heavy (non-hydrogen) atoms. The number of nitrogens with one attached hydrogen (secondary N) is 1. The van der Waals surface area contributed by atoms with Crippen molar-refractivity contribution >= 4 is 23.6 Å². The van der Waals surface area contributed by atoms with Gasteiger partial charge in [-0.1, -0.05) is 121 Å². The van der Waals surface area contributed by atoms with Gasteiger partial charge in [0.2, 0.25) is 5.91 Å². The number of hydrogen-bond donors (Lipinski definition) is 2. The third-order valence-electron chi connectivity index (χ3n) is 5.88. The Morgan fingerprint density at radius 2 is 1.09 bits per heavy atom. The summed E-state index contributed by atoms with van der Waals surface area (Å²) >= 11 is 1.49. The van der Waals surface area contributed by atoms with Crippen molar-refractivity contribution in [1.82, 2.24) is 5.32 Å². The van der Waals surface area contributed by atoms with Crippen molar-refractivity contribution in [2.45, 2.75) is 17.2 Å². The number of thioether (sulfide) groups is 1. The lowest BCUT2D eigenvalue weighted by atomic mass is 9.84. The normalized spacial score (nSPS) is 12.0. The maximum absolute atomic E-state index is 13.1. The van der Waals surface area contributed by atoms with Gasteiger partial charge >= 0.3 is 5.97 Å². The van der Waals surface area contributed by atoms with Crippen LogP contribution < -0.4 is 5.32 Å². The molecule has 0 unspecified atom stereocenters. The lowest BCUT2D eigenvalue weighted by molar-refractivity contribution is -0.141. The van der Waals surface area contributed by atoms with E-state index in [0.717, 1.165) is 22.3 Å². The third kappa shape index (κ3) is 5.81. The molecule has 0 radical (unpaired) electrons.